The van der Waals surface area contributed by atoms with Gasteiger partial charge in [-0.05, 0) is 43.3 Å². The number of rotatable bonds is 5. The van der Waals surface area contributed by atoms with Gasteiger partial charge in [-0.25, -0.2) is 12.8 Å². The lowest BCUT2D eigenvalue weighted by Crippen LogP contribution is -2.49. The molecular formula is C23H25FN4O5S. The van der Waals surface area contributed by atoms with Crippen molar-refractivity contribution in [3.05, 3.63) is 54.2 Å². The van der Waals surface area contributed by atoms with Crippen LogP contribution in [0.3, 0.4) is 0 Å². The molecule has 9 nitrogen and oxygen atoms in total. The van der Waals surface area contributed by atoms with Gasteiger partial charge in [0.1, 0.15) is 5.82 Å². The monoisotopic (exact) mass is 488 g/mol. The van der Waals surface area contributed by atoms with Gasteiger partial charge in [-0.15, -0.1) is 10.2 Å². The summed E-state index contributed by atoms with van der Waals surface area (Å²) >= 11 is 0. The molecule has 0 bridgehead atoms. The quantitative estimate of drug-likeness (QED) is 0.540. The van der Waals surface area contributed by atoms with Crippen molar-refractivity contribution in [3.8, 4) is 23.0 Å². The van der Waals surface area contributed by atoms with Crippen LogP contribution in [0.15, 0.2) is 51.8 Å². The molecule has 2 aliphatic rings. The summed E-state index contributed by atoms with van der Waals surface area (Å²) in [6, 6.07) is 10.4. The molecule has 1 unspecified atom stereocenters. The smallest absolute Gasteiger partial charge is 0.247 e. The van der Waals surface area contributed by atoms with Crippen LogP contribution in [0, 0.1) is 5.82 Å². The largest absolute Gasteiger partial charge is 0.490 e. The first-order valence-corrected chi connectivity index (χ1v) is 12.6. The van der Waals surface area contributed by atoms with Crippen LogP contribution in [0.2, 0.25) is 0 Å². The Kier molecular flexibility index (Phi) is 6.24. The molecule has 2 aliphatic heterocycles. The normalized spacial score (nSPS) is 18.4. The van der Waals surface area contributed by atoms with Crippen LogP contribution >= 0.6 is 0 Å². The summed E-state index contributed by atoms with van der Waals surface area (Å²) in [5.41, 5.74) is 0.637. The third-order valence-electron chi connectivity index (χ3n) is 6.07. The second-order valence-corrected chi connectivity index (χ2v) is 10.2. The maximum absolute atomic E-state index is 13.2. The van der Waals surface area contributed by atoms with Crippen molar-refractivity contribution < 1.29 is 26.7 Å². The van der Waals surface area contributed by atoms with E-state index in [0.717, 1.165) is 6.42 Å². The van der Waals surface area contributed by atoms with Crippen molar-refractivity contribution >= 4 is 10.0 Å². The third-order valence-corrected chi connectivity index (χ3v) is 7.96. The Labute approximate surface area is 197 Å². The van der Waals surface area contributed by atoms with Gasteiger partial charge < -0.3 is 13.9 Å². The Morgan fingerprint density at radius 3 is 2.38 bits per heavy atom. The van der Waals surface area contributed by atoms with E-state index in [1.165, 1.54) is 16.4 Å². The number of nitrogens with zero attached hydrogens (tertiary/aromatic N) is 4. The first-order chi connectivity index (χ1) is 16.4. The molecule has 5 rings (SSSR count). The molecule has 0 saturated carbocycles. The number of sulfonamides is 1. The van der Waals surface area contributed by atoms with Crippen LogP contribution in [-0.2, 0) is 10.0 Å². The molecule has 1 aromatic heterocycles. The number of hydrogen-bond donors (Lipinski definition) is 0. The Balaban J connectivity index is 1.25. The van der Waals surface area contributed by atoms with Gasteiger partial charge in [0, 0.05) is 44.2 Å². The SMILES string of the molecule is CC(c1nnc(-c2ccc(F)cc2)o1)N1CCN(S(=O)(=O)c2ccc3c(c2)OCCCO3)CC1. The Morgan fingerprint density at radius 1 is 0.941 bits per heavy atom. The number of aromatic nitrogens is 2. The van der Waals surface area contributed by atoms with Crippen LogP contribution in [0.1, 0.15) is 25.3 Å². The Hall–Kier alpha value is -3.02. The van der Waals surface area contributed by atoms with Crippen molar-refractivity contribution in [2.24, 2.45) is 0 Å². The Morgan fingerprint density at radius 2 is 1.65 bits per heavy atom. The van der Waals surface area contributed by atoms with Gasteiger partial charge >= 0.3 is 0 Å². The number of halogens is 1. The van der Waals surface area contributed by atoms with Crippen LogP contribution in [0.4, 0.5) is 4.39 Å². The van der Waals surface area contributed by atoms with Gasteiger partial charge in [-0.2, -0.15) is 4.31 Å². The minimum absolute atomic E-state index is 0.190. The lowest BCUT2D eigenvalue weighted by Gasteiger charge is -2.36. The summed E-state index contributed by atoms with van der Waals surface area (Å²) in [5.74, 6) is 1.43. The summed E-state index contributed by atoms with van der Waals surface area (Å²) in [4.78, 5) is 2.29. The van der Waals surface area contributed by atoms with E-state index < -0.39 is 10.0 Å². The van der Waals surface area contributed by atoms with E-state index in [9.17, 15) is 12.8 Å². The fourth-order valence-corrected chi connectivity index (χ4v) is 5.49. The molecule has 1 fully saturated rings. The van der Waals surface area contributed by atoms with E-state index in [4.69, 9.17) is 13.9 Å². The molecule has 11 heteroatoms. The predicted octanol–water partition coefficient (Wildman–Crippen LogP) is 3.10. The van der Waals surface area contributed by atoms with Crippen molar-refractivity contribution in [1.29, 1.82) is 0 Å². The fourth-order valence-electron chi connectivity index (χ4n) is 4.05. The minimum Gasteiger partial charge on any atom is -0.490 e. The molecule has 0 radical (unpaired) electrons. The maximum atomic E-state index is 13.2. The van der Waals surface area contributed by atoms with Crippen LogP contribution in [-0.4, -0.2) is 67.2 Å². The van der Waals surface area contributed by atoms with E-state index in [0.29, 0.717) is 68.2 Å². The highest BCUT2D eigenvalue weighted by Crippen LogP contribution is 2.33. The molecule has 0 N–H and O–H groups in total. The topological polar surface area (TPSA) is 98.0 Å². The molecule has 3 aromatic rings. The molecule has 2 aromatic carbocycles. The van der Waals surface area contributed by atoms with Crippen molar-refractivity contribution in [3.63, 3.8) is 0 Å². The number of benzene rings is 2. The van der Waals surface area contributed by atoms with Gasteiger partial charge in [-0.1, -0.05) is 0 Å². The summed E-state index contributed by atoms with van der Waals surface area (Å²) in [5, 5.41) is 8.22. The van der Waals surface area contributed by atoms with E-state index in [-0.39, 0.29) is 16.8 Å². The molecule has 34 heavy (non-hydrogen) atoms. The Bertz CT molecular complexity index is 1260. The van der Waals surface area contributed by atoms with Crippen LogP contribution < -0.4 is 9.47 Å². The third kappa shape index (κ3) is 4.50. The van der Waals surface area contributed by atoms with Crippen molar-refractivity contribution in [2.75, 3.05) is 39.4 Å². The highest BCUT2D eigenvalue weighted by Gasteiger charge is 2.32. The summed E-state index contributed by atoms with van der Waals surface area (Å²) in [6.07, 6.45) is 0.752. The molecule has 1 saturated heterocycles. The van der Waals surface area contributed by atoms with Crippen molar-refractivity contribution in [2.45, 2.75) is 24.3 Å². The van der Waals surface area contributed by atoms with Gasteiger partial charge in [0.05, 0.1) is 24.2 Å². The predicted molar refractivity (Wildman–Crippen MR) is 120 cm³/mol. The number of hydrogen-bond acceptors (Lipinski definition) is 8. The summed E-state index contributed by atoms with van der Waals surface area (Å²) < 4.78 is 58.2. The average molecular weight is 489 g/mol. The molecule has 0 amide bonds. The summed E-state index contributed by atoms with van der Waals surface area (Å²) in [6.45, 7) is 4.67. The highest BCUT2D eigenvalue weighted by molar-refractivity contribution is 7.89. The van der Waals surface area contributed by atoms with E-state index >= 15 is 0 Å². The second kappa shape index (κ2) is 9.32. The molecule has 1 atom stereocenters. The van der Waals surface area contributed by atoms with E-state index in [1.807, 2.05) is 6.92 Å². The number of ether oxygens (including phenoxy) is 2. The average Bonchev–Trinajstić information content (AvgIpc) is 3.22. The zero-order valence-corrected chi connectivity index (χ0v) is 19.5. The van der Waals surface area contributed by atoms with E-state index in [1.54, 1.807) is 30.3 Å². The van der Waals surface area contributed by atoms with Crippen LogP contribution in [0.5, 0.6) is 11.5 Å². The first kappa shape index (κ1) is 22.8. The maximum Gasteiger partial charge on any atom is 0.247 e. The van der Waals surface area contributed by atoms with E-state index in [2.05, 4.69) is 15.1 Å². The molecule has 3 heterocycles. The van der Waals surface area contributed by atoms with Gasteiger partial charge in [0.25, 0.3) is 0 Å². The lowest BCUT2D eigenvalue weighted by atomic mass is 10.2. The minimum atomic E-state index is -3.67. The molecule has 0 aliphatic carbocycles. The molecular weight excluding hydrogens is 463 g/mol. The molecule has 180 valence electrons. The van der Waals surface area contributed by atoms with Gasteiger partial charge in [0.15, 0.2) is 11.5 Å². The number of fused-ring (bicyclic) bond motifs is 1. The second-order valence-electron chi connectivity index (χ2n) is 8.23. The van der Waals surface area contributed by atoms with Gasteiger partial charge in [0.2, 0.25) is 21.8 Å². The first-order valence-electron chi connectivity index (χ1n) is 11.1. The highest BCUT2D eigenvalue weighted by atomic mass is 32.2. The van der Waals surface area contributed by atoms with Crippen LogP contribution in [0.25, 0.3) is 11.5 Å². The standard InChI is InChI=1S/C23H25FN4O5S/c1-16(22-25-26-23(33-22)17-3-5-18(24)6-4-17)27-9-11-28(12-10-27)34(29,30)19-7-8-20-21(15-19)32-14-2-13-31-20/h3-8,15-16H,2,9-14H2,1H3. The van der Waals surface area contributed by atoms with Crippen molar-refractivity contribution in [1.82, 2.24) is 19.4 Å². The fraction of sp³-hybridized carbons (Fsp3) is 0.391. The zero-order chi connectivity index (χ0) is 23.7. The zero-order valence-electron chi connectivity index (χ0n) is 18.7. The molecule has 0 spiro atoms. The summed E-state index contributed by atoms with van der Waals surface area (Å²) in [7, 11) is -3.67. The van der Waals surface area contributed by atoms with Gasteiger partial charge in [-0.3, -0.25) is 4.90 Å². The lowest BCUT2D eigenvalue weighted by molar-refractivity contribution is 0.129. The number of piperazine rings is 1.